The largest absolute Gasteiger partial charge is 0.276 e. The lowest BCUT2D eigenvalue weighted by atomic mass is 10.4. The van der Waals surface area contributed by atoms with E-state index in [-0.39, 0.29) is 0 Å². The molecule has 1 heterocycles. The van der Waals surface area contributed by atoms with Crippen LogP contribution in [-0.2, 0) is 12.8 Å². The fourth-order valence-corrected chi connectivity index (χ4v) is 1.76. The van der Waals surface area contributed by atoms with Crippen LogP contribution in [0.5, 0.6) is 0 Å². The minimum absolute atomic E-state index is 0.727. The lowest BCUT2D eigenvalue weighted by Crippen LogP contribution is -1.85. The summed E-state index contributed by atoms with van der Waals surface area (Å²) in [6.45, 7) is 0. The van der Waals surface area contributed by atoms with Crippen molar-refractivity contribution in [3.05, 3.63) is 18.0 Å². The van der Waals surface area contributed by atoms with Crippen molar-refractivity contribution in [2.24, 2.45) is 7.05 Å². The summed E-state index contributed by atoms with van der Waals surface area (Å²) in [5.74, 6) is 2.75. The van der Waals surface area contributed by atoms with Gasteiger partial charge < -0.3 is 0 Å². The van der Waals surface area contributed by atoms with Gasteiger partial charge in [-0.1, -0.05) is 0 Å². The number of hydrogen-bond acceptors (Lipinski definition) is 2. The Hall–Kier alpha value is -0.150. The molecule has 2 nitrogen and oxygen atoms in total. The predicted molar refractivity (Wildman–Crippen MR) is 50.1 cm³/mol. The van der Waals surface area contributed by atoms with E-state index < -0.39 is 0 Å². The molecule has 0 radical (unpaired) electrons. The summed E-state index contributed by atoms with van der Waals surface area (Å²) in [4.78, 5) is 0. The second kappa shape index (κ2) is 4.67. The van der Waals surface area contributed by atoms with Gasteiger partial charge in [-0.2, -0.15) is 16.9 Å². The highest BCUT2D eigenvalue weighted by Crippen LogP contribution is 2.10. The lowest BCUT2D eigenvalue weighted by molar-refractivity contribution is 0.767. The summed E-state index contributed by atoms with van der Waals surface area (Å²) in [5, 5.41) is 4.07. The van der Waals surface area contributed by atoms with Crippen LogP contribution in [-0.4, -0.2) is 21.4 Å². The first kappa shape index (κ1) is 8.94. The van der Waals surface area contributed by atoms with E-state index in [0.717, 1.165) is 17.4 Å². The number of rotatable bonds is 4. The first-order valence-corrected chi connectivity index (χ1v) is 5.13. The van der Waals surface area contributed by atoms with Crippen LogP contribution < -0.4 is 0 Å². The number of aryl methyl sites for hydroxylation is 1. The Kier molecular flexibility index (Phi) is 3.80. The summed E-state index contributed by atoms with van der Waals surface area (Å²) < 4.78 is 1.82. The smallest absolute Gasteiger partial charge is 0.0530 e. The normalized spacial score (nSPS) is 10.4. The standard InChI is InChI=1S/C7H11ClN2S/c1-10-5-7(4-9-10)6-11-3-2-8/h4-5H,2-3,6H2,1H3. The fraction of sp³-hybridized carbons (Fsp3) is 0.571. The van der Waals surface area contributed by atoms with Crippen molar-refractivity contribution in [2.75, 3.05) is 11.6 Å². The molecule has 11 heavy (non-hydrogen) atoms. The third-order valence-corrected chi connectivity index (χ3v) is 2.69. The molecule has 0 aromatic carbocycles. The SMILES string of the molecule is Cn1cc(CSCCCl)cn1. The van der Waals surface area contributed by atoms with E-state index in [1.807, 2.05) is 35.9 Å². The maximum absolute atomic E-state index is 5.53. The summed E-state index contributed by atoms with van der Waals surface area (Å²) >= 11 is 7.37. The Morgan fingerprint density at radius 2 is 2.55 bits per heavy atom. The highest BCUT2D eigenvalue weighted by atomic mass is 35.5. The zero-order valence-corrected chi connectivity index (χ0v) is 8.03. The van der Waals surface area contributed by atoms with E-state index in [1.54, 1.807) is 0 Å². The molecule has 0 aliphatic rings. The van der Waals surface area contributed by atoms with Gasteiger partial charge in [-0.15, -0.1) is 11.6 Å². The molecule has 0 spiro atoms. The zero-order valence-electron chi connectivity index (χ0n) is 6.46. The van der Waals surface area contributed by atoms with E-state index in [1.165, 1.54) is 5.56 Å². The van der Waals surface area contributed by atoms with Gasteiger partial charge in [0.05, 0.1) is 6.20 Å². The molecule has 0 amide bonds. The summed E-state index contributed by atoms with van der Waals surface area (Å²) in [5.41, 5.74) is 1.27. The van der Waals surface area contributed by atoms with E-state index in [0.29, 0.717) is 0 Å². The van der Waals surface area contributed by atoms with E-state index in [4.69, 9.17) is 11.6 Å². The number of nitrogens with zero attached hydrogens (tertiary/aromatic N) is 2. The number of thioether (sulfide) groups is 1. The average Bonchev–Trinajstić information content (AvgIpc) is 2.37. The Labute approximate surface area is 75.9 Å². The molecule has 0 aliphatic carbocycles. The van der Waals surface area contributed by atoms with Crippen LogP contribution in [0.4, 0.5) is 0 Å². The third kappa shape index (κ3) is 3.16. The van der Waals surface area contributed by atoms with Crippen LogP contribution in [0.25, 0.3) is 0 Å². The minimum atomic E-state index is 0.727. The van der Waals surface area contributed by atoms with Crippen LogP contribution in [0, 0.1) is 0 Å². The van der Waals surface area contributed by atoms with Gasteiger partial charge in [-0.25, -0.2) is 0 Å². The van der Waals surface area contributed by atoms with Gasteiger partial charge in [-0.05, 0) is 5.56 Å². The van der Waals surface area contributed by atoms with Crippen molar-refractivity contribution in [3.8, 4) is 0 Å². The lowest BCUT2D eigenvalue weighted by Gasteiger charge is -1.93. The zero-order chi connectivity index (χ0) is 8.10. The molecular weight excluding hydrogens is 180 g/mol. The maximum atomic E-state index is 5.53. The Morgan fingerprint density at radius 3 is 3.09 bits per heavy atom. The van der Waals surface area contributed by atoms with Gasteiger partial charge in [0.25, 0.3) is 0 Å². The van der Waals surface area contributed by atoms with Crippen LogP contribution >= 0.6 is 23.4 Å². The number of alkyl halides is 1. The summed E-state index contributed by atoms with van der Waals surface area (Å²) in [6.07, 6.45) is 3.92. The molecule has 0 saturated heterocycles. The molecule has 62 valence electrons. The van der Waals surface area contributed by atoms with Crippen molar-refractivity contribution in [1.29, 1.82) is 0 Å². The highest BCUT2D eigenvalue weighted by molar-refractivity contribution is 7.98. The first-order chi connectivity index (χ1) is 5.33. The molecule has 0 N–H and O–H groups in total. The summed E-state index contributed by atoms with van der Waals surface area (Å²) in [7, 11) is 1.93. The van der Waals surface area contributed by atoms with Gasteiger partial charge in [-0.3, -0.25) is 4.68 Å². The quantitative estimate of drug-likeness (QED) is 0.533. The highest BCUT2D eigenvalue weighted by Gasteiger charge is 1.94. The van der Waals surface area contributed by atoms with Crippen molar-refractivity contribution < 1.29 is 0 Å². The number of aromatic nitrogens is 2. The van der Waals surface area contributed by atoms with E-state index in [9.17, 15) is 0 Å². The van der Waals surface area contributed by atoms with Gasteiger partial charge in [0.2, 0.25) is 0 Å². The number of hydrogen-bond donors (Lipinski definition) is 0. The van der Waals surface area contributed by atoms with Crippen molar-refractivity contribution in [1.82, 2.24) is 9.78 Å². The van der Waals surface area contributed by atoms with Crippen LogP contribution in [0.1, 0.15) is 5.56 Å². The van der Waals surface area contributed by atoms with Crippen molar-refractivity contribution >= 4 is 23.4 Å². The monoisotopic (exact) mass is 190 g/mol. The van der Waals surface area contributed by atoms with E-state index in [2.05, 4.69) is 5.10 Å². The van der Waals surface area contributed by atoms with Gasteiger partial charge >= 0.3 is 0 Å². The first-order valence-electron chi connectivity index (χ1n) is 3.44. The molecule has 0 atom stereocenters. The second-order valence-corrected chi connectivity index (χ2v) is 3.75. The maximum Gasteiger partial charge on any atom is 0.0530 e. The molecule has 0 unspecified atom stereocenters. The summed E-state index contributed by atoms with van der Waals surface area (Å²) in [6, 6.07) is 0. The molecule has 0 saturated carbocycles. The van der Waals surface area contributed by atoms with Gasteiger partial charge in [0.1, 0.15) is 0 Å². The van der Waals surface area contributed by atoms with E-state index >= 15 is 0 Å². The van der Waals surface area contributed by atoms with Crippen LogP contribution in [0.15, 0.2) is 12.4 Å². The van der Waals surface area contributed by atoms with Gasteiger partial charge in [0.15, 0.2) is 0 Å². The molecular formula is C7H11ClN2S. The minimum Gasteiger partial charge on any atom is -0.276 e. The number of halogens is 1. The molecule has 1 aromatic rings. The van der Waals surface area contributed by atoms with Crippen molar-refractivity contribution in [2.45, 2.75) is 5.75 Å². The predicted octanol–water partition coefficient (Wildman–Crippen LogP) is 1.89. The van der Waals surface area contributed by atoms with Crippen LogP contribution in [0.3, 0.4) is 0 Å². The molecule has 1 aromatic heterocycles. The molecule has 4 heteroatoms. The van der Waals surface area contributed by atoms with Crippen molar-refractivity contribution in [3.63, 3.8) is 0 Å². The van der Waals surface area contributed by atoms with Crippen LogP contribution in [0.2, 0.25) is 0 Å². The Balaban J connectivity index is 2.27. The molecule has 1 rings (SSSR count). The Morgan fingerprint density at radius 1 is 1.73 bits per heavy atom. The topological polar surface area (TPSA) is 17.8 Å². The fourth-order valence-electron chi connectivity index (χ4n) is 0.791. The average molecular weight is 191 g/mol. The third-order valence-electron chi connectivity index (χ3n) is 1.25. The molecule has 0 fully saturated rings. The van der Waals surface area contributed by atoms with Gasteiger partial charge in [0, 0.05) is 30.6 Å². The second-order valence-electron chi connectivity index (χ2n) is 2.26. The molecule has 0 aliphatic heterocycles. The Bertz CT molecular complexity index is 212. The molecule has 0 bridgehead atoms.